The van der Waals surface area contributed by atoms with E-state index in [0.717, 1.165) is 120 Å². The average molecular weight is 1310 g/mol. The Bertz CT molecular complexity index is 1750. The van der Waals surface area contributed by atoms with Gasteiger partial charge in [-0.1, -0.05) is 299 Å². The molecule has 0 saturated carbocycles. The second-order valence-electron chi connectivity index (χ2n) is 26.5. The summed E-state index contributed by atoms with van der Waals surface area (Å²) in [6.45, 7) is 11.8. The first-order valence-corrected chi connectivity index (χ1v) is 39.4. The normalized spacial score (nSPS) is 14.5. The fourth-order valence-corrected chi connectivity index (χ4v) is 12.1. The largest absolute Gasteiger partial charge is 0.472 e. The third kappa shape index (κ3) is 63.2. The Morgan fingerprint density at radius 3 is 0.854 bits per heavy atom. The molecule has 0 aliphatic rings. The first-order chi connectivity index (χ1) is 42.8. The first-order valence-electron chi connectivity index (χ1n) is 36.4. The molecule has 0 heterocycles. The van der Waals surface area contributed by atoms with Crippen LogP contribution in [0, 0.1) is 17.8 Å². The topological polar surface area (TPSA) is 237 Å². The van der Waals surface area contributed by atoms with Gasteiger partial charge in [0, 0.05) is 25.7 Å². The van der Waals surface area contributed by atoms with Gasteiger partial charge >= 0.3 is 39.5 Å². The van der Waals surface area contributed by atoms with Crippen molar-refractivity contribution in [1.29, 1.82) is 0 Å². The van der Waals surface area contributed by atoms with Crippen LogP contribution in [0.3, 0.4) is 0 Å². The van der Waals surface area contributed by atoms with Crippen molar-refractivity contribution in [2.24, 2.45) is 17.8 Å². The summed E-state index contributed by atoms with van der Waals surface area (Å²) in [7, 11) is -9.90. The molecule has 0 rings (SSSR count). The second-order valence-corrected chi connectivity index (χ2v) is 29.4. The molecule has 0 aromatic carbocycles. The molecular weight excluding hydrogens is 1170 g/mol. The molecule has 0 radical (unpaired) electrons. The Morgan fingerprint density at radius 1 is 0.326 bits per heavy atom. The summed E-state index contributed by atoms with van der Waals surface area (Å²) in [4.78, 5) is 72.4. The van der Waals surface area contributed by atoms with Gasteiger partial charge in [0.2, 0.25) is 0 Å². The van der Waals surface area contributed by atoms with E-state index in [0.29, 0.717) is 25.7 Å². The molecule has 0 aromatic rings. The van der Waals surface area contributed by atoms with E-state index in [1.807, 2.05) is 0 Å². The number of hydrogen-bond acceptors (Lipinski definition) is 15. The van der Waals surface area contributed by atoms with E-state index in [1.165, 1.54) is 148 Å². The summed E-state index contributed by atoms with van der Waals surface area (Å²) in [6, 6.07) is 0. The lowest BCUT2D eigenvalue weighted by Gasteiger charge is -2.21. The van der Waals surface area contributed by atoms with E-state index in [2.05, 4.69) is 48.5 Å². The maximum atomic E-state index is 13.0. The number of esters is 4. The Balaban J connectivity index is 5.21. The molecule has 17 nitrogen and oxygen atoms in total. The summed E-state index contributed by atoms with van der Waals surface area (Å²) in [5.74, 6) is 0.192. The Kier molecular flexibility index (Phi) is 59.6. The number of carbonyl (C=O) groups is 4. The number of aliphatic hydroxyl groups is 1. The Labute approximate surface area is 543 Å². The van der Waals surface area contributed by atoms with Crippen LogP contribution in [0.4, 0.5) is 0 Å². The maximum Gasteiger partial charge on any atom is 0.472 e. The van der Waals surface area contributed by atoms with E-state index >= 15 is 0 Å². The van der Waals surface area contributed by atoms with Crippen LogP contribution in [-0.2, 0) is 65.4 Å². The van der Waals surface area contributed by atoms with Crippen LogP contribution in [0.25, 0.3) is 0 Å². The van der Waals surface area contributed by atoms with Gasteiger partial charge in [0.15, 0.2) is 12.2 Å². The third-order valence-corrected chi connectivity index (χ3v) is 18.4. The van der Waals surface area contributed by atoms with Gasteiger partial charge in [-0.2, -0.15) is 0 Å². The van der Waals surface area contributed by atoms with Crippen LogP contribution in [0.5, 0.6) is 0 Å². The molecule has 89 heavy (non-hydrogen) atoms. The molecule has 0 saturated heterocycles. The molecule has 19 heteroatoms. The summed E-state index contributed by atoms with van der Waals surface area (Å²) in [5, 5.41) is 10.6. The molecule has 0 spiro atoms. The van der Waals surface area contributed by atoms with Crippen LogP contribution in [0.15, 0.2) is 0 Å². The van der Waals surface area contributed by atoms with Crippen LogP contribution >= 0.6 is 15.6 Å². The fourth-order valence-electron chi connectivity index (χ4n) is 10.5. The van der Waals surface area contributed by atoms with E-state index in [9.17, 15) is 43.2 Å². The minimum Gasteiger partial charge on any atom is -0.462 e. The standard InChI is InChI=1S/C70H136O17P2/c1-8-10-11-12-27-37-44-51-67(72)80-57-65(87-70(75)54-47-40-33-26-25-29-35-42-49-62(5)6)59-84-88(76,77)82-55-64(71)56-83-89(78,79)85-60-66(58-81-68(73)52-45-38-31-23-20-19-22-30-36-43-50-63(7)9-2)86-69(74)53-46-39-32-24-18-16-14-13-15-17-21-28-34-41-48-61(3)4/h61-66,71H,8-60H2,1-7H3,(H,76,77)(H,78,79)/t63?,64-,65+,66+/m0/s1. The fraction of sp³-hybridized carbons (Fsp3) is 0.943. The lowest BCUT2D eigenvalue weighted by molar-refractivity contribution is -0.161. The predicted octanol–water partition coefficient (Wildman–Crippen LogP) is 19.8. The van der Waals surface area contributed by atoms with Gasteiger partial charge in [-0.3, -0.25) is 37.3 Å². The highest BCUT2D eigenvalue weighted by molar-refractivity contribution is 7.47. The number of unbranched alkanes of at least 4 members (excludes halogenated alkanes) is 35. The molecule has 0 bridgehead atoms. The number of phosphoric ester groups is 2. The third-order valence-electron chi connectivity index (χ3n) is 16.5. The lowest BCUT2D eigenvalue weighted by atomic mass is 9.99. The Morgan fingerprint density at radius 2 is 0.573 bits per heavy atom. The van der Waals surface area contributed by atoms with Crippen LogP contribution in [0.1, 0.15) is 350 Å². The van der Waals surface area contributed by atoms with Gasteiger partial charge in [-0.15, -0.1) is 0 Å². The molecule has 0 amide bonds. The minimum atomic E-state index is -4.95. The van der Waals surface area contributed by atoms with Gasteiger partial charge in [-0.25, -0.2) is 9.13 Å². The average Bonchev–Trinajstić information content (AvgIpc) is 3.71. The summed E-state index contributed by atoms with van der Waals surface area (Å²) in [5.41, 5.74) is 0. The number of carbonyl (C=O) groups excluding carboxylic acids is 4. The van der Waals surface area contributed by atoms with Gasteiger partial charge in [0.05, 0.1) is 26.4 Å². The van der Waals surface area contributed by atoms with Crippen molar-refractivity contribution in [2.75, 3.05) is 39.6 Å². The highest BCUT2D eigenvalue weighted by atomic mass is 31.2. The molecule has 0 aliphatic carbocycles. The number of phosphoric acid groups is 2. The van der Waals surface area contributed by atoms with Gasteiger partial charge in [-0.05, 0) is 43.4 Å². The van der Waals surface area contributed by atoms with Crippen LogP contribution in [-0.4, -0.2) is 96.7 Å². The first kappa shape index (κ1) is 87.1. The highest BCUT2D eigenvalue weighted by Crippen LogP contribution is 2.45. The summed E-state index contributed by atoms with van der Waals surface area (Å²) >= 11 is 0. The molecular formula is C70H136O17P2. The smallest absolute Gasteiger partial charge is 0.462 e. The summed E-state index contributed by atoms with van der Waals surface area (Å²) in [6.07, 6.45) is 44.5. The second kappa shape index (κ2) is 61.0. The van der Waals surface area contributed by atoms with E-state index < -0.39 is 97.5 Å². The van der Waals surface area contributed by atoms with Crippen molar-refractivity contribution in [3.8, 4) is 0 Å². The van der Waals surface area contributed by atoms with Crippen LogP contribution in [0.2, 0.25) is 0 Å². The summed E-state index contributed by atoms with van der Waals surface area (Å²) < 4.78 is 68.2. The van der Waals surface area contributed by atoms with E-state index in [-0.39, 0.29) is 25.7 Å². The maximum absolute atomic E-state index is 13.0. The SMILES string of the molecule is CCCCCCCCCC(=O)OC[C@H](COP(=O)(O)OC[C@H](O)COP(=O)(O)OC[C@@H](COC(=O)CCCCCCCCCCCCC(C)CC)OC(=O)CCCCCCCCCCCCCCCCC(C)C)OC(=O)CCCCCCCCCCC(C)C. The van der Waals surface area contributed by atoms with Crippen molar-refractivity contribution >= 4 is 39.5 Å². The molecule has 528 valence electrons. The van der Waals surface area contributed by atoms with E-state index in [1.54, 1.807) is 0 Å². The monoisotopic (exact) mass is 1310 g/mol. The van der Waals surface area contributed by atoms with Crippen molar-refractivity contribution in [1.82, 2.24) is 0 Å². The van der Waals surface area contributed by atoms with E-state index in [4.69, 9.17) is 37.0 Å². The van der Waals surface area contributed by atoms with Crippen LogP contribution < -0.4 is 0 Å². The number of aliphatic hydroxyl groups excluding tert-OH is 1. The van der Waals surface area contributed by atoms with Crippen molar-refractivity contribution in [3.63, 3.8) is 0 Å². The zero-order valence-electron chi connectivity index (χ0n) is 57.9. The quantitative estimate of drug-likeness (QED) is 0.0222. The lowest BCUT2D eigenvalue weighted by Crippen LogP contribution is -2.30. The van der Waals surface area contributed by atoms with Gasteiger partial charge in [0.25, 0.3) is 0 Å². The van der Waals surface area contributed by atoms with Gasteiger partial charge in [0.1, 0.15) is 19.3 Å². The van der Waals surface area contributed by atoms with Crippen molar-refractivity contribution < 1.29 is 80.2 Å². The zero-order chi connectivity index (χ0) is 65.9. The van der Waals surface area contributed by atoms with Crippen molar-refractivity contribution in [3.05, 3.63) is 0 Å². The molecule has 3 unspecified atom stereocenters. The van der Waals surface area contributed by atoms with Gasteiger partial charge < -0.3 is 33.8 Å². The molecule has 0 aromatic heterocycles. The molecule has 0 aliphatic heterocycles. The molecule has 3 N–H and O–H groups in total. The minimum absolute atomic E-state index is 0.104. The Hall–Kier alpha value is -1.94. The molecule has 0 fully saturated rings. The zero-order valence-corrected chi connectivity index (χ0v) is 59.7. The number of hydrogen-bond donors (Lipinski definition) is 3. The number of rotatable bonds is 68. The molecule has 6 atom stereocenters. The number of ether oxygens (including phenoxy) is 4. The van der Waals surface area contributed by atoms with Crippen molar-refractivity contribution in [2.45, 2.75) is 369 Å². The highest BCUT2D eigenvalue weighted by Gasteiger charge is 2.30. The predicted molar refractivity (Wildman–Crippen MR) is 358 cm³/mol.